The summed E-state index contributed by atoms with van der Waals surface area (Å²) in [6, 6.07) is 15.2. The third kappa shape index (κ3) is 6.21. The van der Waals surface area contributed by atoms with Crippen molar-refractivity contribution in [3.63, 3.8) is 0 Å². The maximum Gasteiger partial charge on any atom is 0.257 e. The minimum Gasteiger partial charge on any atom is -0.307 e. The second kappa shape index (κ2) is 10.8. The largest absolute Gasteiger partial charge is 0.307 e. The van der Waals surface area contributed by atoms with Crippen LogP contribution in [0.4, 0.5) is 5.82 Å². The quantitative estimate of drug-likeness (QED) is 0.381. The van der Waals surface area contributed by atoms with E-state index >= 15 is 0 Å². The number of benzene rings is 2. The Morgan fingerprint density at radius 2 is 1.73 bits per heavy atom. The first kappa shape index (κ1) is 24.0. The number of ketones is 1. The van der Waals surface area contributed by atoms with E-state index in [9.17, 15) is 9.59 Å². The van der Waals surface area contributed by atoms with Crippen molar-refractivity contribution in [2.45, 2.75) is 20.4 Å². The molecule has 0 atom stereocenters. The predicted molar refractivity (Wildman–Crippen MR) is 127 cm³/mol. The van der Waals surface area contributed by atoms with Gasteiger partial charge >= 0.3 is 0 Å². The minimum atomic E-state index is -0.415. The summed E-state index contributed by atoms with van der Waals surface area (Å²) < 4.78 is 1.59. The third-order valence-corrected chi connectivity index (χ3v) is 5.11. The Balaban J connectivity index is 0.00000306. The Hall–Kier alpha value is -3.62. The van der Waals surface area contributed by atoms with Crippen LogP contribution >= 0.6 is 23.2 Å². The lowest BCUT2D eigenvalue weighted by Crippen LogP contribution is -2.17. The summed E-state index contributed by atoms with van der Waals surface area (Å²) in [5, 5.41) is 14.6. The number of pyridine rings is 1. The maximum absolute atomic E-state index is 12.9. The number of rotatable bonds is 7. The van der Waals surface area contributed by atoms with Gasteiger partial charge < -0.3 is 5.32 Å². The first-order chi connectivity index (χ1) is 15.5. The number of tetrazole rings is 1. The number of nitrogens with one attached hydrogen (secondary N) is 1. The summed E-state index contributed by atoms with van der Waals surface area (Å²) in [7, 11) is 0. The van der Waals surface area contributed by atoms with Crippen molar-refractivity contribution >= 4 is 40.7 Å². The molecule has 0 radical (unpaired) electrons. The van der Waals surface area contributed by atoms with Gasteiger partial charge in [0.25, 0.3) is 5.91 Å². The molecule has 33 heavy (non-hydrogen) atoms. The number of aromatic nitrogens is 5. The minimum absolute atomic E-state index is 0. The molecule has 0 unspecified atom stereocenters. The Morgan fingerprint density at radius 1 is 0.970 bits per heavy atom. The van der Waals surface area contributed by atoms with Crippen molar-refractivity contribution < 1.29 is 9.59 Å². The first-order valence-electron chi connectivity index (χ1n) is 9.52. The molecular formula is C23H20Cl2N6O2. The molecule has 1 N–H and O–H groups in total. The van der Waals surface area contributed by atoms with Crippen LogP contribution in [0, 0.1) is 0 Å². The molecule has 2 heterocycles. The summed E-state index contributed by atoms with van der Waals surface area (Å²) >= 11 is 11.9. The van der Waals surface area contributed by atoms with E-state index in [0.717, 1.165) is 5.56 Å². The second-order valence-corrected chi connectivity index (χ2v) is 7.79. The molecule has 0 aliphatic carbocycles. The van der Waals surface area contributed by atoms with E-state index in [1.807, 2.05) is 12.1 Å². The van der Waals surface area contributed by atoms with Gasteiger partial charge in [-0.3, -0.25) is 9.59 Å². The normalized spacial score (nSPS) is 10.4. The summed E-state index contributed by atoms with van der Waals surface area (Å²) in [5.74, 6) is -0.198. The van der Waals surface area contributed by atoms with Gasteiger partial charge in [-0.2, -0.15) is 0 Å². The number of hydrogen-bond acceptors (Lipinski definition) is 6. The zero-order chi connectivity index (χ0) is 22.5. The zero-order valence-corrected chi connectivity index (χ0v) is 18.1. The van der Waals surface area contributed by atoms with Crippen molar-refractivity contribution in [2.75, 3.05) is 5.32 Å². The van der Waals surface area contributed by atoms with E-state index < -0.39 is 5.91 Å². The molecule has 2 aromatic heterocycles. The van der Waals surface area contributed by atoms with Crippen molar-refractivity contribution in [2.24, 2.45) is 0 Å². The summed E-state index contributed by atoms with van der Waals surface area (Å²) in [6.45, 7) is 0.502. The number of carbonyl (C=O) groups is 2. The number of amides is 1. The van der Waals surface area contributed by atoms with Crippen LogP contribution in [0.3, 0.4) is 0 Å². The number of hydrogen-bond donors (Lipinski definition) is 1. The molecule has 0 saturated heterocycles. The molecular weight excluding hydrogens is 463 g/mol. The van der Waals surface area contributed by atoms with Crippen molar-refractivity contribution in [1.82, 2.24) is 25.2 Å². The Bertz CT molecular complexity index is 1240. The third-order valence-electron chi connectivity index (χ3n) is 4.65. The first-order valence-corrected chi connectivity index (χ1v) is 10.3. The fraction of sp³-hybridized carbons (Fsp3) is 0.130. The van der Waals surface area contributed by atoms with E-state index in [2.05, 4.69) is 25.8 Å². The summed E-state index contributed by atoms with van der Waals surface area (Å²) in [4.78, 5) is 29.7. The van der Waals surface area contributed by atoms with E-state index in [0.29, 0.717) is 39.1 Å². The van der Waals surface area contributed by atoms with Crippen LogP contribution in [0.5, 0.6) is 0 Å². The SMILES string of the molecule is C.O=C(Cc1ccc(Cl)cc1C(=O)Nc1ccc(Cl)cn1)c1ccc(Cn2cnnn2)cc1. The smallest absolute Gasteiger partial charge is 0.257 e. The fourth-order valence-electron chi connectivity index (χ4n) is 3.06. The highest BCUT2D eigenvalue weighted by Gasteiger charge is 2.17. The highest BCUT2D eigenvalue weighted by atomic mass is 35.5. The standard InChI is InChI=1S/C22H16Cl2N6O2.CH4/c23-17-6-5-16(19(10-17)22(32)27-21-8-7-18(24)11-25-21)9-20(31)15-3-1-14(2-4-15)12-30-13-26-28-29-30;/h1-8,10-11,13H,9,12H2,(H,25,27,32);1H4. The lowest BCUT2D eigenvalue weighted by Gasteiger charge is -2.11. The number of Topliss-reactive ketones (excluding diaryl/α,β-unsaturated/α-hetero) is 1. The van der Waals surface area contributed by atoms with Crippen LogP contribution in [-0.2, 0) is 13.0 Å². The van der Waals surface area contributed by atoms with Crippen molar-refractivity contribution in [1.29, 1.82) is 0 Å². The Labute approximate surface area is 200 Å². The van der Waals surface area contributed by atoms with Crippen LogP contribution in [0.25, 0.3) is 0 Å². The molecule has 0 saturated carbocycles. The Kier molecular flexibility index (Phi) is 7.87. The summed E-state index contributed by atoms with van der Waals surface area (Å²) in [6.07, 6.45) is 2.99. The zero-order valence-electron chi connectivity index (χ0n) is 16.6. The van der Waals surface area contributed by atoms with Gasteiger partial charge in [0, 0.05) is 28.8 Å². The van der Waals surface area contributed by atoms with Crippen LogP contribution in [0.2, 0.25) is 10.0 Å². The average molecular weight is 483 g/mol. The molecule has 0 aliphatic heterocycles. The van der Waals surface area contributed by atoms with Gasteiger partial charge in [0.05, 0.1) is 11.6 Å². The Morgan fingerprint density at radius 3 is 2.39 bits per heavy atom. The van der Waals surface area contributed by atoms with Gasteiger partial charge in [-0.1, -0.05) is 61.0 Å². The number of anilines is 1. The number of halogens is 2. The molecule has 10 heteroatoms. The molecule has 4 rings (SSSR count). The highest BCUT2D eigenvalue weighted by Crippen LogP contribution is 2.20. The maximum atomic E-state index is 12.9. The molecule has 8 nitrogen and oxygen atoms in total. The molecule has 0 aliphatic rings. The molecule has 4 aromatic rings. The molecule has 0 bridgehead atoms. The number of carbonyl (C=O) groups excluding carboxylic acids is 2. The van der Waals surface area contributed by atoms with Gasteiger partial charge in [-0.15, -0.1) is 5.10 Å². The lowest BCUT2D eigenvalue weighted by atomic mass is 9.97. The molecule has 0 fully saturated rings. The van der Waals surface area contributed by atoms with Gasteiger partial charge in [-0.05, 0) is 45.8 Å². The van der Waals surface area contributed by atoms with Crippen molar-refractivity contribution in [3.8, 4) is 0 Å². The van der Waals surface area contributed by atoms with Gasteiger partial charge in [-0.25, -0.2) is 9.67 Å². The molecule has 168 valence electrons. The van der Waals surface area contributed by atoms with Gasteiger partial charge in [0.2, 0.25) is 0 Å². The van der Waals surface area contributed by atoms with Crippen LogP contribution in [-0.4, -0.2) is 36.9 Å². The van der Waals surface area contributed by atoms with Crippen LogP contribution < -0.4 is 5.32 Å². The fourth-order valence-corrected chi connectivity index (χ4v) is 3.34. The van der Waals surface area contributed by atoms with E-state index in [1.165, 1.54) is 18.6 Å². The van der Waals surface area contributed by atoms with Crippen LogP contribution in [0.15, 0.2) is 67.1 Å². The van der Waals surface area contributed by atoms with E-state index in [1.54, 1.807) is 41.1 Å². The topological polar surface area (TPSA) is 103 Å². The van der Waals surface area contributed by atoms with Crippen molar-refractivity contribution in [3.05, 3.63) is 99.4 Å². The monoisotopic (exact) mass is 482 g/mol. The summed E-state index contributed by atoms with van der Waals surface area (Å²) in [5.41, 5.74) is 2.35. The van der Waals surface area contributed by atoms with Gasteiger partial charge in [0.15, 0.2) is 5.78 Å². The van der Waals surface area contributed by atoms with E-state index in [-0.39, 0.29) is 19.6 Å². The van der Waals surface area contributed by atoms with E-state index in [4.69, 9.17) is 23.2 Å². The molecule has 0 spiro atoms. The van der Waals surface area contributed by atoms with Crippen LogP contribution in [0.1, 0.15) is 39.3 Å². The predicted octanol–water partition coefficient (Wildman–Crippen LogP) is 4.74. The average Bonchev–Trinajstić information content (AvgIpc) is 3.30. The van der Waals surface area contributed by atoms with Gasteiger partial charge in [0.1, 0.15) is 12.1 Å². The number of nitrogens with zero attached hydrogens (tertiary/aromatic N) is 5. The molecule has 1 amide bonds. The second-order valence-electron chi connectivity index (χ2n) is 6.92. The lowest BCUT2D eigenvalue weighted by molar-refractivity contribution is 0.0992. The highest BCUT2D eigenvalue weighted by molar-refractivity contribution is 6.31. The molecule has 2 aromatic carbocycles.